The van der Waals surface area contributed by atoms with Gasteiger partial charge in [-0.1, -0.05) is 30.3 Å². The molecule has 0 spiro atoms. The number of hydrogen-bond donors (Lipinski definition) is 0. The molecule has 10 heteroatoms. The minimum atomic E-state index is -1.54. The summed E-state index contributed by atoms with van der Waals surface area (Å²) in [5.41, 5.74) is 0.788. The van der Waals surface area contributed by atoms with Crippen molar-refractivity contribution < 1.29 is 47.6 Å². The zero-order valence-corrected chi connectivity index (χ0v) is 17.1. The van der Waals surface area contributed by atoms with Gasteiger partial charge in [0.25, 0.3) is 0 Å². The van der Waals surface area contributed by atoms with Gasteiger partial charge in [0.1, 0.15) is 12.2 Å². The molecular formula is C20H24O10. The maximum absolute atomic E-state index is 12.3. The number of carbonyl (C=O) groups is 4. The van der Waals surface area contributed by atoms with Crippen LogP contribution in [-0.2, 0) is 54.2 Å². The monoisotopic (exact) mass is 424 g/mol. The van der Waals surface area contributed by atoms with Crippen molar-refractivity contribution in [2.75, 3.05) is 7.11 Å². The van der Waals surface area contributed by atoms with Gasteiger partial charge >= 0.3 is 23.9 Å². The largest absolute Gasteiger partial charge is 0.466 e. The highest BCUT2D eigenvalue weighted by atomic mass is 16.8. The van der Waals surface area contributed by atoms with E-state index in [0.717, 1.165) is 33.4 Å². The Balaban J connectivity index is 2.37. The first-order valence-electron chi connectivity index (χ1n) is 9.13. The van der Waals surface area contributed by atoms with E-state index in [1.165, 1.54) is 0 Å². The molecule has 10 nitrogen and oxygen atoms in total. The van der Waals surface area contributed by atoms with Crippen LogP contribution in [0.3, 0.4) is 0 Å². The molecule has 164 valence electrons. The molecule has 0 radical (unpaired) electrons. The minimum Gasteiger partial charge on any atom is -0.466 e. The summed E-state index contributed by atoms with van der Waals surface area (Å²) in [5, 5.41) is 0. The smallest absolute Gasteiger partial charge is 0.350 e. The first-order valence-corrected chi connectivity index (χ1v) is 9.13. The van der Waals surface area contributed by atoms with E-state index >= 15 is 0 Å². The van der Waals surface area contributed by atoms with E-state index in [-0.39, 0.29) is 6.61 Å². The van der Waals surface area contributed by atoms with E-state index in [1.54, 1.807) is 12.1 Å². The fourth-order valence-corrected chi connectivity index (χ4v) is 2.97. The SMILES string of the molecule is COC(=O)[C@H](OC(C)=O)[C@H]1OC(OC(C)=O)[C@H](OC(C)=O)[C@H]1OCc1ccccc1. The van der Waals surface area contributed by atoms with E-state index in [2.05, 4.69) is 0 Å². The molecule has 1 saturated heterocycles. The van der Waals surface area contributed by atoms with Crippen molar-refractivity contribution in [2.45, 2.75) is 58.1 Å². The molecule has 0 bridgehead atoms. The molecule has 1 aromatic rings. The molecule has 1 aromatic carbocycles. The zero-order chi connectivity index (χ0) is 22.3. The molecule has 1 unspecified atom stereocenters. The summed E-state index contributed by atoms with van der Waals surface area (Å²) in [4.78, 5) is 46.9. The Kier molecular flexibility index (Phi) is 8.31. The van der Waals surface area contributed by atoms with E-state index in [9.17, 15) is 19.2 Å². The average molecular weight is 424 g/mol. The highest BCUT2D eigenvalue weighted by Crippen LogP contribution is 2.32. The first-order chi connectivity index (χ1) is 14.2. The lowest BCUT2D eigenvalue weighted by Gasteiger charge is -2.26. The maximum atomic E-state index is 12.3. The standard InChI is InChI=1S/C20H24O10/c1-11(21)27-17(19(24)25-4)16-15(26-10-14-8-6-5-7-9-14)18(28-12(2)22)20(30-16)29-13(3)23/h5-9,15-18,20H,10H2,1-4H3/t15-,16-,17+,18+,20?/m0/s1. The van der Waals surface area contributed by atoms with E-state index in [0.29, 0.717) is 0 Å². The average Bonchev–Trinajstić information content (AvgIpc) is 3.00. The van der Waals surface area contributed by atoms with Crippen LogP contribution < -0.4 is 0 Å². The number of hydrogen-bond acceptors (Lipinski definition) is 10. The van der Waals surface area contributed by atoms with Gasteiger partial charge in [0.05, 0.1) is 13.7 Å². The lowest BCUT2D eigenvalue weighted by atomic mass is 10.0. The fraction of sp³-hybridized carbons (Fsp3) is 0.500. The topological polar surface area (TPSA) is 124 Å². The third-order valence-corrected chi connectivity index (χ3v) is 4.10. The summed E-state index contributed by atoms with van der Waals surface area (Å²) in [6.45, 7) is 3.48. The number of rotatable bonds is 8. The number of benzene rings is 1. The second kappa shape index (κ2) is 10.7. The Bertz CT molecular complexity index is 762. The van der Waals surface area contributed by atoms with Gasteiger partial charge < -0.3 is 28.4 Å². The molecule has 1 heterocycles. The third-order valence-electron chi connectivity index (χ3n) is 4.10. The number of methoxy groups -OCH3 is 1. The third kappa shape index (κ3) is 6.26. The zero-order valence-electron chi connectivity index (χ0n) is 17.1. The van der Waals surface area contributed by atoms with Crippen molar-refractivity contribution in [3.8, 4) is 0 Å². The van der Waals surface area contributed by atoms with Crippen molar-refractivity contribution >= 4 is 23.9 Å². The highest BCUT2D eigenvalue weighted by Gasteiger charge is 2.55. The molecule has 0 saturated carbocycles. The Labute approximate surface area is 173 Å². The van der Waals surface area contributed by atoms with E-state index in [1.807, 2.05) is 18.2 Å². The van der Waals surface area contributed by atoms with Crippen LogP contribution >= 0.6 is 0 Å². The van der Waals surface area contributed by atoms with Gasteiger partial charge in [-0.3, -0.25) is 14.4 Å². The quantitative estimate of drug-likeness (QED) is 0.439. The minimum absolute atomic E-state index is 0.0594. The fourth-order valence-electron chi connectivity index (χ4n) is 2.97. The highest BCUT2D eigenvalue weighted by molar-refractivity contribution is 5.79. The Hall–Kier alpha value is -2.98. The number of ether oxygens (including phenoxy) is 6. The summed E-state index contributed by atoms with van der Waals surface area (Å²) in [5.74, 6) is -3.07. The summed E-state index contributed by atoms with van der Waals surface area (Å²) >= 11 is 0. The predicted octanol–water partition coefficient (Wildman–Crippen LogP) is 0.896. The second-order valence-electron chi connectivity index (χ2n) is 6.47. The normalized spacial score (nSPS) is 23.9. The lowest BCUT2D eigenvalue weighted by molar-refractivity contribution is -0.204. The second-order valence-corrected chi connectivity index (χ2v) is 6.47. The van der Waals surface area contributed by atoms with Crippen molar-refractivity contribution in [3.05, 3.63) is 35.9 Å². The van der Waals surface area contributed by atoms with Gasteiger partial charge in [0.2, 0.25) is 12.4 Å². The molecule has 2 rings (SSSR count). The van der Waals surface area contributed by atoms with Gasteiger partial charge in [0.15, 0.2) is 6.10 Å². The molecule has 5 atom stereocenters. The van der Waals surface area contributed by atoms with Gasteiger partial charge in [0, 0.05) is 20.8 Å². The molecule has 0 N–H and O–H groups in total. The van der Waals surface area contributed by atoms with Crippen LogP contribution in [0.2, 0.25) is 0 Å². The van der Waals surface area contributed by atoms with Gasteiger partial charge in [-0.25, -0.2) is 4.79 Å². The van der Waals surface area contributed by atoms with Gasteiger partial charge in [-0.2, -0.15) is 0 Å². The van der Waals surface area contributed by atoms with Crippen LogP contribution in [-0.4, -0.2) is 61.7 Å². The molecule has 30 heavy (non-hydrogen) atoms. The molecule has 1 aliphatic heterocycles. The van der Waals surface area contributed by atoms with Gasteiger partial charge in [-0.05, 0) is 5.56 Å². The number of esters is 4. The summed E-state index contributed by atoms with van der Waals surface area (Å²) in [7, 11) is 1.11. The van der Waals surface area contributed by atoms with Crippen LogP contribution in [0.15, 0.2) is 30.3 Å². The Morgan fingerprint density at radius 1 is 0.933 bits per heavy atom. The van der Waals surface area contributed by atoms with Crippen molar-refractivity contribution in [1.82, 2.24) is 0 Å². The first kappa shape index (κ1) is 23.3. The Morgan fingerprint density at radius 2 is 1.57 bits per heavy atom. The summed E-state index contributed by atoms with van der Waals surface area (Å²) in [6.07, 6.45) is -6.49. The molecule has 0 amide bonds. The van der Waals surface area contributed by atoms with Crippen LogP contribution in [0.4, 0.5) is 0 Å². The van der Waals surface area contributed by atoms with Gasteiger partial charge in [-0.15, -0.1) is 0 Å². The Morgan fingerprint density at radius 3 is 2.10 bits per heavy atom. The lowest BCUT2D eigenvalue weighted by Crippen LogP contribution is -2.47. The van der Waals surface area contributed by atoms with Crippen LogP contribution in [0.5, 0.6) is 0 Å². The molecule has 1 aliphatic rings. The summed E-state index contributed by atoms with van der Waals surface area (Å²) in [6, 6.07) is 9.06. The van der Waals surface area contributed by atoms with E-state index < -0.39 is 54.6 Å². The van der Waals surface area contributed by atoms with Crippen molar-refractivity contribution in [1.29, 1.82) is 0 Å². The number of carbonyl (C=O) groups excluding carboxylic acids is 4. The van der Waals surface area contributed by atoms with Crippen LogP contribution in [0.1, 0.15) is 26.3 Å². The molecular weight excluding hydrogens is 400 g/mol. The van der Waals surface area contributed by atoms with Crippen LogP contribution in [0.25, 0.3) is 0 Å². The van der Waals surface area contributed by atoms with Crippen molar-refractivity contribution in [2.24, 2.45) is 0 Å². The molecule has 0 aromatic heterocycles. The van der Waals surface area contributed by atoms with Crippen LogP contribution in [0, 0.1) is 0 Å². The van der Waals surface area contributed by atoms with Crippen molar-refractivity contribution in [3.63, 3.8) is 0 Å². The maximum Gasteiger partial charge on any atom is 0.350 e. The molecule has 1 fully saturated rings. The predicted molar refractivity (Wildman–Crippen MR) is 98.6 cm³/mol. The summed E-state index contributed by atoms with van der Waals surface area (Å²) < 4.78 is 31.7. The van der Waals surface area contributed by atoms with E-state index in [4.69, 9.17) is 28.4 Å². The molecule has 0 aliphatic carbocycles.